The maximum Gasteiger partial charge on any atom is 0.130 e. The summed E-state index contributed by atoms with van der Waals surface area (Å²) in [6.45, 7) is 10.6. The number of hydrogen-bond donors (Lipinski definition) is 1. The van der Waals surface area contributed by atoms with Crippen molar-refractivity contribution in [2.75, 3.05) is 0 Å². The minimum Gasteiger partial charge on any atom is -0.343 e. The molecule has 0 bridgehead atoms. The number of benzene rings is 1. The van der Waals surface area contributed by atoms with E-state index < -0.39 is 0 Å². The van der Waals surface area contributed by atoms with Crippen LogP contribution in [0.1, 0.15) is 42.3 Å². The summed E-state index contributed by atoms with van der Waals surface area (Å²) in [5, 5.41) is 0. The number of nitrogens with one attached hydrogen (secondary N) is 1. The van der Waals surface area contributed by atoms with Gasteiger partial charge in [-0.2, -0.15) is 0 Å². The summed E-state index contributed by atoms with van der Waals surface area (Å²) in [4.78, 5) is 7.82. The lowest BCUT2D eigenvalue weighted by Crippen LogP contribution is -2.01. The Balaban J connectivity index is 2.69. The van der Waals surface area contributed by atoms with Crippen molar-refractivity contribution in [2.24, 2.45) is 0 Å². The van der Waals surface area contributed by atoms with Crippen molar-refractivity contribution in [3.8, 4) is 11.3 Å². The highest BCUT2D eigenvalue weighted by Gasteiger charge is 2.10. The van der Waals surface area contributed by atoms with E-state index in [1.807, 2.05) is 6.07 Å². The van der Waals surface area contributed by atoms with Crippen LogP contribution in [0.15, 0.2) is 18.2 Å². The highest BCUT2D eigenvalue weighted by molar-refractivity contribution is 7.71. The first-order valence-corrected chi connectivity index (χ1v) is 6.99. The molecular formula is C16H20N2S. The van der Waals surface area contributed by atoms with Gasteiger partial charge in [0.1, 0.15) is 10.5 Å². The lowest BCUT2D eigenvalue weighted by molar-refractivity contribution is 0.773. The number of aryl methyl sites for hydroxylation is 3. The fourth-order valence-electron chi connectivity index (χ4n) is 2.49. The van der Waals surface area contributed by atoms with Gasteiger partial charge in [0.2, 0.25) is 0 Å². The van der Waals surface area contributed by atoms with Crippen LogP contribution in [0.3, 0.4) is 0 Å². The Hall–Kier alpha value is -1.48. The normalized spacial score (nSPS) is 11.1. The van der Waals surface area contributed by atoms with Gasteiger partial charge < -0.3 is 4.98 Å². The SMILES string of the molecule is Cc1cc(C)c(-c2cc(=S)nc(C(C)C)[nH]2)c(C)c1. The van der Waals surface area contributed by atoms with E-state index in [-0.39, 0.29) is 0 Å². The van der Waals surface area contributed by atoms with E-state index in [0.717, 1.165) is 11.5 Å². The average molecular weight is 272 g/mol. The molecule has 0 unspecified atom stereocenters. The van der Waals surface area contributed by atoms with Crippen molar-refractivity contribution in [1.29, 1.82) is 0 Å². The van der Waals surface area contributed by atoms with Crippen molar-refractivity contribution in [2.45, 2.75) is 40.5 Å². The summed E-state index contributed by atoms with van der Waals surface area (Å²) < 4.78 is 0.650. The van der Waals surface area contributed by atoms with Gasteiger partial charge in [-0.15, -0.1) is 0 Å². The summed E-state index contributed by atoms with van der Waals surface area (Å²) in [5.74, 6) is 1.29. The molecule has 0 aliphatic carbocycles. The molecule has 0 fully saturated rings. The second-order valence-corrected chi connectivity index (χ2v) is 5.86. The average Bonchev–Trinajstić information content (AvgIpc) is 2.26. The van der Waals surface area contributed by atoms with Crippen LogP contribution in [0.4, 0.5) is 0 Å². The van der Waals surface area contributed by atoms with Crippen LogP contribution in [-0.4, -0.2) is 9.97 Å². The summed E-state index contributed by atoms with van der Waals surface area (Å²) in [5.41, 5.74) is 6.13. The standard InChI is InChI=1S/C16H20N2S/c1-9(2)16-17-13(8-14(19)18-16)15-11(4)6-10(3)7-12(15)5/h6-9H,1-5H3,(H,17,18,19). The largest absolute Gasteiger partial charge is 0.343 e. The minimum atomic E-state index is 0.340. The smallest absolute Gasteiger partial charge is 0.130 e. The molecule has 0 saturated heterocycles. The van der Waals surface area contributed by atoms with Crippen LogP contribution in [0.25, 0.3) is 11.3 Å². The monoisotopic (exact) mass is 272 g/mol. The number of H-pyrrole nitrogens is 1. The summed E-state index contributed by atoms with van der Waals surface area (Å²) in [6, 6.07) is 6.36. The van der Waals surface area contributed by atoms with Gasteiger partial charge >= 0.3 is 0 Å². The minimum absolute atomic E-state index is 0.340. The Morgan fingerprint density at radius 3 is 2.16 bits per heavy atom. The van der Waals surface area contributed by atoms with Crippen LogP contribution in [0, 0.1) is 25.4 Å². The molecule has 19 heavy (non-hydrogen) atoms. The van der Waals surface area contributed by atoms with E-state index in [9.17, 15) is 0 Å². The zero-order valence-electron chi connectivity index (χ0n) is 12.2. The van der Waals surface area contributed by atoms with Crippen molar-refractivity contribution >= 4 is 12.2 Å². The molecule has 0 radical (unpaired) electrons. The Bertz CT molecular complexity index is 646. The van der Waals surface area contributed by atoms with E-state index in [4.69, 9.17) is 12.2 Å². The van der Waals surface area contributed by atoms with E-state index in [2.05, 4.69) is 56.7 Å². The first-order chi connectivity index (χ1) is 8.88. The third-order valence-electron chi connectivity index (χ3n) is 3.25. The molecule has 0 aliphatic heterocycles. The van der Waals surface area contributed by atoms with Gasteiger partial charge in [0.15, 0.2) is 0 Å². The molecule has 2 nitrogen and oxygen atoms in total. The van der Waals surface area contributed by atoms with Gasteiger partial charge in [0.05, 0.1) is 5.69 Å². The van der Waals surface area contributed by atoms with Gasteiger partial charge in [-0.25, -0.2) is 4.98 Å². The van der Waals surface area contributed by atoms with E-state index in [0.29, 0.717) is 10.6 Å². The van der Waals surface area contributed by atoms with Crippen molar-refractivity contribution in [3.63, 3.8) is 0 Å². The molecule has 1 N–H and O–H groups in total. The van der Waals surface area contributed by atoms with Crippen molar-refractivity contribution in [3.05, 3.63) is 45.4 Å². The van der Waals surface area contributed by atoms with Gasteiger partial charge in [-0.1, -0.05) is 43.8 Å². The van der Waals surface area contributed by atoms with Crippen LogP contribution >= 0.6 is 12.2 Å². The maximum absolute atomic E-state index is 5.29. The van der Waals surface area contributed by atoms with E-state index >= 15 is 0 Å². The van der Waals surface area contributed by atoms with Gasteiger partial charge in [0, 0.05) is 11.5 Å². The summed E-state index contributed by atoms with van der Waals surface area (Å²) in [6.07, 6.45) is 0. The van der Waals surface area contributed by atoms with Crippen LogP contribution in [0.5, 0.6) is 0 Å². The lowest BCUT2D eigenvalue weighted by Gasteiger charge is -2.14. The Morgan fingerprint density at radius 2 is 1.63 bits per heavy atom. The molecule has 2 aromatic rings. The maximum atomic E-state index is 5.29. The molecule has 100 valence electrons. The second kappa shape index (κ2) is 5.25. The Morgan fingerprint density at radius 1 is 1.05 bits per heavy atom. The molecule has 1 aromatic heterocycles. The zero-order chi connectivity index (χ0) is 14.2. The molecule has 3 heteroatoms. The van der Waals surface area contributed by atoms with E-state index in [1.54, 1.807) is 0 Å². The number of aromatic nitrogens is 2. The molecule has 0 atom stereocenters. The van der Waals surface area contributed by atoms with Crippen LogP contribution in [-0.2, 0) is 0 Å². The first kappa shape index (κ1) is 13.9. The highest BCUT2D eigenvalue weighted by Crippen LogP contribution is 2.27. The molecule has 1 aromatic carbocycles. The Kier molecular flexibility index (Phi) is 3.85. The second-order valence-electron chi connectivity index (χ2n) is 5.45. The number of aromatic amines is 1. The molecule has 0 spiro atoms. The molecule has 2 rings (SSSR count). The molecule has 0 amide bonds. The van der Waals surface area contributed by atoms with Crippen LogP contribution < -0.4 is 0 Å². The topological polar surface area (TPSA) is 28.7 Å². The fraction of sp³-hybridized carbons (Fsp3) is 0.375. The van der Waals surface area contributed by atoms with Gasteiger partial charge in [-0.3, -0.25) is 0 Å². The lowest BCUT2D eigenvalue weighted by atomic mass is 9.97. The fourth-order valence-corrected chi connectivity index (χ4v) is 2.71. The van der Waals surface area contributed by atoms with E-state index in [1.165, 1.54) is 22.3 Å². The number of rotatable bonds is 2. The molecular weight excluding hydrogens is 252 g/mol. The molecule has 1 heterocycles. The molecule has 0 saturated carbocycles. The third kappa shape index (κ3) is 2.92. The van der Waals surface area contributed by atoms with Gasteiger partial charge in [-0.05, 0) is 38.0 Å². The highest BCUT2D eigenvalue weighted by atomic mass is 32.1. The quantitative estimate of drug-likeness (QED) is 0.791. The first-order valence-electron chi connectivity index (χ1n) is 6.58. The predicted octanol–water partition coefficient (Wildman–Crippen LogP) is 4.85. The van der Waals surface area contributed by atoms with Crippen molar-refractivity contribution < 1.29 is 0 Å². The van der Waals surface area contributed by atoms with Crippen molar-refractivity contribution in [1.82, 2.24) is 9.97 Å². The third-order valence-corrected chi connectivity index (χ3v) is 3.46. The summed E-state index contributed by atoms with van der Waals surface area (Å²) >= 11 is 5.29. The number of hydrogen-bond acceptors (Lipinski definition) is 2. The Labute approximate surface area is 119 Å². The predicted molar refractivity (Wildman–Crippen MR) is 83.2 cm³/mol. The van der Waals surface area contributed by atoms with Crippen LogP contribution in [0.2, 0.25) is 0 Å². The number of nitrogens with zero attached hydrogens (tertiary/aromatic N) is 1. The zero-order valence-corrected chi connectivity index (χ0v) is 13.0. The summed E-state index contributed by atoms with van der Waals surface area (Å²) in [7, 11) is 0. The molecule has 0 aliphatic rings. The van der Waals surface area contributed by atoms with Gasteiger partial charge in [0.25, 0.3) is 0 Å².